The predicted octanol–water partition coefficient (Wildman–Crippen LogP) is -1.07. The number of nitrogens with two attached hydrogens (primary N) is 1. The van der Waals surface area contributed by atoms with Crippen molar-refractivity contribution in [2.24, 2.45) is 5.73 Å². The normalized spacial score (nSPS) is 13.9. The average molecular weight is 247 g/mol. The SMILES string of the molecule is CCC(CN)S(=O)(=O)NCCn1ccnn1. The highest BCUT2D eigenvalue weighted by atomic mass is 32.2. The number of rotatable bonds is 7. The topological polar surface area (TPSA) is 103 Å². The maximum absolute atomic E-state index is 11.7. The number of nitrogens with one attached hydrogen (secondary N) is 1. The summed E-state index contributed by atoms with van der Waals surface area (Å²) in [6.07, 6.45) is 3.73. The molecule has 0 spiro atoms. The molecule has 1 atom stereocenters. The Morgan fingerprint density at radius 2 is 2.31 bits per heavy atom. The van der Waals surface area contributed by atoms with Gasteiger partial charge in [-0.25, -0.2) is 13.1 Å². The van der Waals surface area contributed by atoms with E-state index in [0.717, 1.165) is 0 Å². The fourth-order valence-electron chi connectivity index (χ4n) is 1.29. The summed E-state index contributed by atoms with van der Waals surface area (Å²) in [6.45, 7) is 2.69. The first-order valence-corrected chi connectivity index (χ1v) is 6.67. The van der Waals surface area contributed by atoms with Crippen molar-refractivity contribution in [3.8, 4) is 0 Å². The molecule has 0 saturated carbocycles. The van der Waals surface area contributed by atoms with E-state index in [1.807, 2.05) is 0 Å². The van der Waals surface area contributed by atoms with E-state index < -0.39 is 15.3 Å². The van der Waals surface area contributed by atoms with Crippen LogP contribution in [0.15, 0.2) is 12.4 Å². The van der Waals surface area contributed by atoms with Gasteiger partial charge in [-0.2, -0.15) is 0 Å². The summed E-state index contributed by atoms with van der Waals surface area (Å²) in [4.78, 5) is 0. The van der Waals surface area contributed by atoms with Crippen LogP contribution >= 0.6 is 0 Å². The molecule has 0 saturated heterocycles. The van der Waals surface area contributed by atoms with Crippen LogP contribution in [0.25, 0.3) is 0 Å². The molecule has 16 heavy (non-hydrogen) atoms. The molecule has 1 aromatic heterocycles. The minimum absolute atomic E-state index is 0.134. The van der Waals surface area contributed by atoms with Gasteiger partial charge in [0.25, 0.3) is 0 Å². The number of sulfonamides is 1. The minimum Gasteiger partial charge on any atom is -0.329 e. The smallest absolute Gasteiger partial charge is 0.215 e. The maximum atomic E-state index is 11.7. The zero-order chi connectivity index (χ0) is 12.0. The van der Waals surface area contributed by atoms with Crippen LogP contribution in [-0.2, 0) is 16.6 Å². The van der Waals surface area contributed by atoms with Gasteiger partial charge >= 0.3 is 0 Å². The molecule has 0 aliphatic carbocycles. The largest absolute Gasteiger partial charge is 0.329 e. The van der Waals surface area contributed by atoms with Gasteiger partial charge in [0.15, 0.2) is 0 Å². The Kier molecular flexibility index (Phi) is 4.84. The second-order valence-corrected chi connectivity index (χ2v) is 5.42. The molecular formula is C8H17N5O2S. The van der Waals surface area contributed by atoms with Crippen molar-refractivity contribution < 1.29 is 8.42 Å². The molecular weight excluding hydrogens is 230 g/mol. The molecule has 0 radical (unpaired) electrons. The first kappa shape index (κ1) is 13.1. The molecule has 0 amide bonds. The second kappa shape index (κ2) is 5.92. The maximum Gasteiger partial charge on any atom is 0.215 e. The second-order valence-electron chi connectivity index (χ2n) is 3.37. The van der Waals surface area contributed by atoms with Gasteiger partial charge in [0.1, 0.15) is 0 Å². The Morgan fingerprint density at radius 1 is 1.56 bits per heavy atom. The summed E-state index contributed by atoms with van der Waals surface area (Å²) in [6, 6.07) is 0. The van der Waals surface area contributed by atoms with Crippen molar-refractivity contribution in [2.45, 2.75) is 25.1 Å². The molecule has 0 aromatic carbocycles. The van der Waals surface area contributed by atoms with Gasteiger partial charge in [-0.1, -0.05) is 12.1 Å². The first-order chi connectivity index (χ1) is 7.60. The number of hydrogen-bond donors (Lipinski definition) is 2. The van der Waals surface area contributed by atoms with Gasteiger partial charge in [0.2, 0.25) is 10.0 Å². The Morgan fingerprint density at radius 3 is 2.81 bits per heavy atom. The zero-order valence-electron chi connectivity index (χ0n) is 9.20. The number of nitrogens with zero attached hydrogens (tertiary/aromatic N) is 3. The molecule has 1 rings (SSSR count). The molecule has 7 nitrogen and oxygen atoms in total. The number of hydrogen-bond acceptors (Lipinski definition) is 5. The lowest BCUT2D eigenvalue weighted by Crippen LogP contribution is -2.39. The molecule has 0 aliphatic heterocycles. The van der Waals surface area contributed by atoms with Crippen LogP contribution in [0.5, 0.6) is 0 Å². The molecule has 0 aliphatic rings. The standard InChI is InChI=1S/C8H17N5O2S/c1-2-8(7-9)16(14,15)11-4-6-13-5-3-10-12-13/h3,5,8,11H,2,4,6-7,9H2,1H3. The van der Waals surface area contributed by atoms with E-state index in [1.54, 1.807) is 24.0 Å². The van der Waals surface area contributed by atoms with Crippen molar-refractivity contribution in [3.63, 3.8) is 0 Å². The first-order valence-electron chi connectivity index (χ1n) is 5.12. The average Bonchev–Trinajstić information content (AvgIpc) is 2.71. The minimum atomic E-state index is -3.31. The lowest BCUT2D eigenvalue weighted by molar-refractivity contribution is 0.540. The summed E-state index contributed by atoms with van der Waals surface area (Å²) in [5.41, 5.74) is 5.39. The fourth-order valence-corrected chi connectivity index (χ4v) is 2.59. The van der Waals surface area contributed by atoms with Gasteiger partial charge in [-0.15, -0.1) is 5.10 Å². The van der Waals surface area contributed by atoms with Crippen molar-refractivity contribution in [1.29, 1.82) is 0 Å². The Labute approximate surface area is 95.1 Å². The molecule has 0 fully saturated rings. The summed E-state index contributed by atoms with van der Waals surface area (Å²) in [5.74, 6) is 0. The molecule has 8 heteroatoms. The van der Waals surface area contributed by atoms with Crippen LogP contribution < -0.4 is 10.5 Å². The molecule has 0 bridgehead atoms. The molecule has 1 unspecified atom stereocenters. The van der Waals surface area contributed by atoms with E-state index in [0.29, 0.717) is 19.5 Å². The lowest BCUT2D eigenvalue weighted by Gasteiger charge is -2.14. The lowest BCUT2D eigenvalue weighted by atomic mass is 10.3. The quantitative estimate of drug-likeness (QED) is 0.639. The van der Waals surface area contributed by atoms with Crippen molar-refractivity contribution in [1.82, 2.24) is 19.7 Å². The predicted molar refractivity (Wildman–Crippen MR) is 60.1 cm³/mol. The monoisotopic (exact) mass is 247 g/mol. The van der Waals surface area contributed by atoms with E-state index >= 15 is 0 Å². The molecule has 1 aromatic rings. The Hall–Kier alpha value is -0.990. The summed E-state index contributed by atoms with van der Waals surface area (Å²) in [7, 11) is -3.31. The van der Waals surface area contributed by atoms with Gasteiger partial charge in [-0.3, -0.25) is 4.68 Å². The highest BCUT2D eigenvalue weighted by molar-refractivity contribution is 7.90. The van der Waals surface area contributed by atoms with Gasteiger partial charge in [0.05, 0.1) is 18.0 Å². The molecule has 92 valence electrons. The number of aromatic nitrogens is 3. The summed E-state index contributed by atoms with van der Waals surface area (Å²) in [5, 5.41) is 6.82. The molecule has 3 N–H and O–H groups in total. The third-order valence-corrected chi connectivity index (χ3v) is 4.28. The fraction of sp³-hybridized carbons (Fsp3) is 0.750. The highest BCUT2D eigenvalue weighted by Crippen LogP contribution is 2.01. The Bertz CT molecular complexity index is 385. The van der Waals surface area contributed by atoms with Crippen LogP contribution in [0.1, 0.15) is 13.3 Å². The van der Waals surface area contributed by atoms with Crippen LogP contribution in [0, 0.1) is 0 Å². The van der Waals surface area contributed by atoms with Crippen LogP contribution in [-0.4, -0.2) is 41.8 Å². The third-order valence-electron chi connectivity index (χ3n) is 2.27. The third kappa shape index (κ3) is 3.54. The van der Waals surface area contributed by atoms with Crippen molar-refractivity contribution in [3.05, 3.63) is 12.4 Å². The van der Waals surface area contributed by atoms with Crippen LogP contribution in [0.4, 0.5) is 0 Å². The van der Waals surface area contributed by atoms with E-state index in [2.05, 4.69) is 15.0 Å². The summed E-state index contributed by atoms with van der Waals surface area (Å²) < 4.78 is 27.4. The van der Waals surface area contributed by atoms with E-state index in [1.165, 1.54) is 0 Å². The van der Waals surface area contributed by atoms with Crippen LogP contribution in [0.2, 0.25) is 0 Å². The van der Waals surface area contributed by atoms with Gasteiger partial charge < -0.3 is 5.73 Å². The highest BCUT2D eigenvalue weighted by Gasteiger charge is 2.21. The van der Waals surface area contributed by atoms with Crippen molar-refractivity contribution >= 4 is 10.0 Å². The van der Waals surface area contributed by atoms with E-state index in [4.69, 9.17) is 5.73 Å². The summed E-state index contributed by atoms with van der Waals surface area (Å²) >= 11 is 0. The van der Waals surface area contributed by atoms with Gasteiger partial charge in [-0.05, 0) is 6.42 Å². The zero-order valence-corrected chi connectivity index (χ0v) is 10.0. The molecule has 1 heterocycles. The van der Waals surface area contributed by atoms with Crippen LogP contribution in [0.3, 0.4) is 0 Å². The van der Waals surface area contributed by atoms with E-state index in [9.17, 15) is 8.42 Å². The van der Waals surface area contributed by atoms with Crippen molar-refractivity contribution in [2.75, 3.05) is 13.1 Å². The van der Waals surface area contributed by atoms with Gasteiger partial charge in [0, 0.05) is 19.3 Å². The van der Waals surface area contributed by atoms with E-state index in [-0.39, 0.29) is 6.54 Å². The Balaban J connectivity index is 2.42.